The van der Waals surface area contributed by atoms with Crippen LogP contribution in [0.25, 0.3) is 33.4 Å². The molecule has 7 heteroatoms. The lowest BCUT2D eigenvalue weighted by atomic mass is 10.0. The molecule has 3 aliphatic heterocycles. The fraction of sp³-hybridized carbons (Fsp3) is 0. The Morgan fingerprint density at radius 2 is 0.367 bits per heavy atom. The van der Waals surface area contributed by atoms with Gasteiger partial charge in [0.2, 0.25) is 0 Å². The summed E-state index contributed by atoms with van der Waals surface area (Å²) in [5.74, 6) is 5.02. The summed E-state index contributed by atoms with van der Waals surface area (Å²) < 4.78 is 18.9. The van der Waals surface area contributed by atoms with Crippen LogP contribution in [-0.4, -0.2) is 0 Å². The molecule has 15 rings (SSSR count). The van der Waals surface area contributed by atoms with E-state index in [1.165, 1.54) is 0 Å². The second-order valence-corrected chi connectivity index (χ2v) is 19.7. The Bertz CT molecular complexity index is 3650. The van der Waals surface area contributed by atoms with E-state index in [1.54, 1.807) is 0 Å². The minimum atomic E-state index is 0.836. The molecule has 0 saturated heterocycles. The van der Waals surface area contributed by atoms with E-state index < -0.39 is 0 Å². The number of hydrogen-bond acceptors (Lipinski definition) is 7. The van der Waals surface area contributed by atoms with Gasteiger partial charge in [0.1, 0.15) is 0 Å². The van der Waals surface area contributed by atoms with Crippen LogP contribution >= 0.6 is 0 Å². The van der Waals surface area contributed by atoms with Crippen LogP contribution in [0.4, 0.5) is 68.2 Å². The highest BCUT2D eigenvalue weighted by molar-refractivity contribution is 5.90. The molecule has 0 unspecified atom stereocenters. The van der Waals surface area contributed by atoms with Crippen LogP contribution in [0.15, 0.2) is 291 Å². The summed E-state index contributed by atoms with van der Waals surface area (Å²) >= 11 is 0. The quantitative estimate of drug-likeness (QED) is 0.143. The SMILES string of the molecule is c1ccc2c(c1)Oc1ccccc1N2c1ccc(-c2ccc(N(c3ccc(-c4ccc(N5c6ccccc6Oc6ccccc65)cc4)cc3)c3ccc(-c4ccc(N5c6ccccc6Oc6ccccc65)cc4)cc3)cc2)cc1. The van der Waals surface area contributed by atoms with E-state index in [-0.39, 0.29) is 0 Å². The summed E-state index contributed by atoms with van der Waals surface area (Å²) in [5.41, 5.74) is 19.2. The molecule has 0 spiro atoms. The predicted molar refractivity (Wildman–Crippen MR) is 322 cm³/mol. The third-order valence-corrected chi connectivity index (χ3v) is 15.0. The van der Waals surface area contributed by atoms with Gasteiger partial charge in [-0.05, 0) is 179 Å². The van der Waals surface area contributed by atoms with Crippen molar-refractivity contribution in [2.45, 2.75) is 0 Å². The maximum atomic E-state index is 6.30. The second-order valence-electron chi connectivity index (χ2n) is 19.7. The molecule has 3 heterocycles. The summed E-state index contributed by atoms with van der Waals surface area (Å²) in [5, 5.41) is 0. The normalized spacial score (nSPS) is 12.5. The topological polar surface area (TPSA) is 40.7 Å². The van der Waals surface area contributed by atoms with Crippen molar-refractivity contribution in [3.8, 4) is 67.9 Å². The van der Waals surface area contributed by atoms with Gasteiger partial charge in [-0.15, -0.1) is 0 Å². The van der Waals surface area contributed by atoms with E-state index in [0.29, 0.717) is 0 Å². The van der Waals surface area contributed by atoms with Gasteiger partial charge >= 0.3 is 0 Å². The second kappa shape index (κ2) is 19.1. The fourth-order valence-electron chi connectivity index (χ4n) is 11.2. The van der Waals surface area contributed by atoms with Gasteiger partial charge in [-0.3, -0.25) is 0 Å². The molecule has 79 heavy (non-hydrogen) atoms. The summed E-state index contributed by atoms with van der Waals surface area (Å²) in [6, 6.07) is 102. The molecule has 0 N–H and O–H groups in total. The standard InChI is InChI=1S/C72H48N4O3/c1-7-19-67-61(13-1)74(62-14-2-8-20-68(62)77-67)58-43-31-52(32-44-58)49-25-37-55(38-26-49)73(56-39-27-50(28-40-56)53-33-45-59(46-34-53)75-63-15-3-9-21-69(63)78-70-22-10-4-16-64(70)75)57-41-29-51(30-42-57)54-35-47-60(48-36-54)76-65-17-5-11-23-71(65)79-72-24-12-6-18-66(72)76/h1-48H. The van der Waals surface area contributed by atoms with E-state index in [0.717, 1.165) is 136 Å². The van der Waals surface area contributed by atoms with Gasteiger partial charge in [0.25, 0.3) is 0 Å². The maximum absolute atomic E-state index is 6.30. The molecule has 7 nitrogen and oxygen atoms in total. The Hall–Kier alpha value is -10.8. The molecular formula is C72H48N4O3. The zero-order valence-electron chi connectivity index (χ0n) is 42.7. The Morgan fingerprint density at radius 3 is 0.570 bits per heavy atom. The minimum Gasteiger partial charge on any atom is -0.453 e. The molecule has 0 fully saturated rings. The van der Waals surface area contributed by atoms with E-state index in [4.69, 9.17) is 14.2 Å². The average molecular weight is 1020 g/mol. The van der Waals surface area contributed by atoms with Gasteiger partial charge in [-0.2, -0.15) is 0 Å². The van der Waals surface area contributed by atoms with Crippen LogP contribution in [0.3, 0.4) is 0 Å². The van der Waals surface area contributed by atoms with E-state index in [2.05, 4.69) is 238 Å². The molecule has 0 atom stereocenters. The largest absolute Gasteiger partial charge is 0.453 e. The number of rotatable bonds is 9. The van der Waals surface area contributed by atoms with Crippen LogP contribution in [0.1, 0.15) is 0 Å². The highest BCUT2D eigenvalue weighted by Gasteiger charge is 2.28. The number of ether oxygens (including phenoxy) is 3. The van der Waals surface area contributed by atoms with Gasteiger partial charge < -0.3 is 33.8 Å². The molecule has 0 amide bonds. The smallest absolute Gasteiger partial charge is 0.151 e. The highest BCUT2D eigenvalue weighted by atomic mass is 16.5. The Balaban J connectivity index is 0.740. The van der Waals surface area contributed by atoms with Gasteiger partial charge in [0.05, 0.1) is 34.1 Å². The number of hydrogen-bond donors (Lipinski definition) is 0. The summed E-state index contributed by atoms with van der Waals surface area (Å²) in [6.45, 7) is 0. The van der Waals surface area contributed by atoms with Crippen LogP contribution in [0.2, 0.25) is 0 Å². The zero-order chi connectivity index (χ0) is 52.2. The lowest BCUT2D eigenvalue weighted by Crippen LogP contribution is -2.15. The van der Waals surface area contributed by atoms with Crippen LogP contribution in [0, 0.1) is 0 Å². The molecule has 374 valence electrons. The molecule has 0 saturated carbocycles. The summed E-state index contributed by atoms with van der Waals surface area (Å²) in [6.07, 6.45) is 0. The maximum Gasteiger partial charge on any atom is 0.151 e. The van der Waals surface area contributed by atoms with Crippen molar-refractivity contribution in [1.29, 1.82) is 0 Å². The molecule has 0 aromatic heterocycles. The van der Waals surface area contributed by atoms with Crippen molar-refractivity contribution in [1.82, 2.24) is 0 Å². The highest BCUT2D eigenvalue weighted by Crippen LogP contribution is 2.53. The van der Waals surface area contributed by atoms with Crippen LogP contribution in [-0.2, 0) is 0 Å². The Morgan fingerprint density at radius 1 is 0.190 bits per heavy atom. The number of benzene rings is 12. The summed E-state index contributed by atoms with van der Waals surface area (Å²) in [4.78, 5) is 9.15. The molecule has 12 aromatic carbocycles. The lowest BCUT2D eigenvalue weighted by molar-refractivity contribution is 0.477. The van der Waals surface area contributed by atoms with E-state index in [1.807, 2.05) is 72.8 Å². The van der Waals surface area contributed by atoms with Gasteiger partial charge in [-0.1, -0.05) is 146 Å². The van der Waals surface area contributed by atoms with E-state index in [9.17, 15) is 0 Å². The van der Waals surface area contributed by atoms with Gasteiger partial charge in [0.15, 0.2) is 34.5 Å². The summed E-state index contributed by atoms with van der Waals surface area (Å²) in [7, 11) is 0. The fourth-order valence-corrected chi connectivity index (χ4v) is 11.2. The zero-order valence-corrected chi connectivity index (χ0v) is 42.7. The predicted octanol–water partition coefficient (Wildman–Crippen LogP) is 20.9. The molecular weight excluding hydrogens is 969 g/mol. The molecule has 0 bridgehead atoms. The first-order valence-corrected chi connectivity index (χ1v) is 26.6. The molecule has 0 radical (unpaired) electrons. The molecule has 12 aromatic rings. The van der Waals surface area contributed by atoms with Crippen molar-refractivity contribution < 1.29 is 14.2 Å². The van der Waals surface area contributed by atoms with E-state index >= 15 is 0 Å². The van der Waals surface area contributed by atoms with Gasteiger partial charge in [-0.25, -0.2) is 0 Å². The number of para-hydroxylation sites is 12. The van der Waals surface area contributed by atoms with Crippen molar-refractivity contribution in [3.05, 3.63) is 291 Å². The first kappa shape index (κ1) is 45.6. The third kappa shape index (κ3) is 8.16. The number of nitrogens with zero attached hydrogens (tertiary/aromatic N) is 4. The van der Waals surface area contributed by atoms with Crippen molar-refractivity contribution in [2.75, 3.05) is 19.6 Å². The monoisotopic (exact) mass is 1020 g/mol. The van der Waals surface area contributed by atoms with Crippen molar-refractivity contribution in [3.63, 3.8) is 0 Å². The first-order chi connectivity index (χ1) is 39.1. The Labute approximate surface area is 458 Å². The third-order valence-electron chi connectivity index (χ3n) is 15.0. The molecule has 3 aliphatic rings. The van der Waals surface area contributed by atoms with Crippen molar-refractivity contribution in [2.24, 2.45) is 0 Å². The lowest BCUT2D eigenvalue weighted by Gasteiger charge is -2.32. The van der Waals surface area contributed by atoms with Crippen LogP contribution < -0.4 is 33.8 Å². The number of fused-ring (bicyclic) bond motifs is 6. The Kier molecular flexibility index (Phi) is 11.0. The van der Waals surface area contributed by atoms with Gasteiger partial charge in [0, 0.05) is 34.1 Å². The molecule has 0 aliphatic carbocycles. The van der Waals surface area contributed by atoms with Crippen molar-refractivity contribution >= 4 is 68.2 Å². The first-order valence-electron chi connectivity index (χ1n) is 26.6. The average Bonchev–Trinajstić information content (AvgIpc) is 3.60. The number of anilines is 12. The van der Waals surface area contributed by atoms with Crippen LogP contribution in [0.5, 0.6) is 34.5 Å². The minimum absolute atomic E-state index is 0.836.